The Bertz CT molecular complexity index is 902. The molecule has 0 aliphatic heterocycles. The number of ketones is 1. The second kappa shape index (κ2) is 10.1. The zero-order valence-corrected chi connectivity index (χ0v) is 18.5. The van der Waals surface area contributed by atoms with Crippen LogP contribution in [0.4, 0.5) is 5.69 Å². The maximum absolute atomic E-state index is 12.6. The fraction of sp³-hybridized carbons (Fsp3) is 0.211. The minimum Gasteiger partial charge on any atom is -0.496 e. The number of rotatable bonds is 6. The third-order valence-corrected chi connectivity index (χ3v) is 4.65. The Hall–Kier alpha value is -2.06. The van der Waals surface area contributed by atoms with E-state index < -0.39 is 15.9 Å². The van der Waals surface area contributed by atoms with Gasteiger partial charge in [0.1, 0.15) is 11.9 Å². The molecule has 0 bridgehead atoms. The van der Waals surface area contributed by atoms with Gasteiger partial charge in [-0.15, -0.1) is 0 Å². The van der Waals surface area contributed by atoms with Crippen molar-refractivity contribution >= 4 is 69.5 Å². The first-order valence-electron chi connectivity index (χ1n) is 8.31. The van der Waals surface area contributed by atoms with Gasteiger partial charge in [0.2, 0.25) is 3.79 Å². The molecule has 0 aliphatic rings. The molecule has 0 spiro atoms. The average molecular weight is 475 g/mol. The van der Waals surface area contributed by atoms with Crippen LogP contribution in [0.15, 0.2) is 48.5 Å². The van der Waals surface area contributed by atoms with Crippen LogP contribution in [0.1, 0.15) is 27.6 Å². The van der Waals surface area contributed by atoms with Crippen molar-refractivity contribution in [2.75, 3.05) is 12.4 Å². The summed E-state index contributed by atoms with van der Waals surface area (Å²) < 4.78 is 3.28. The number of anilines is 1. The van der Waals surface area contributed by atoms with E-state index in [4.69, 9.17) is 51.8 Å². The molecule has 154 valence electrons. The number of methoxy groups -OCH3 is 1. The molecule has 0 fully saturated rings. The summed E-state index contributed by atoms with van der Waals surface area (Å²) in [4.78, 5) is 24.0. The molecule has 2 rings (SSSR count). The molecule has 0 radical (unpaired) electrons. The molecule has 1 atom stereocenters. The van der Waals surface area contributed by atoms with Crippen LogP contribution in [0, 0.1) is 0 Å². The number of nitrogens with one attached hydrogen (secondary N) is 3. The van der Waals surface area contributed by atoms with Crippen LogP contribution in [-0.2, 0) is 0 Å². The molecule has 29 heavy (non-hydrogen) atoms. The maximum Gasteiger partial charge on any atom is 0.256 e. The summed E-state index contributed by atoms with van der Waals surface area (Å²) in [5, 5.41) is 8.37. The Kier molecular flexibility index (Phi) is 8.10. The minimum absolute atomic E-state index is 0.0485. The lowest BCUT2D eigenvalue weighted by molar-refractivity contribution is 0.0930. The van der Waals surface area contributed by atoms with E-state index in [1.165, 1.54) is 14.0 Å². The third kappa shape index (κ3) is 6.75. The second-order valence-electron chi connectivity index (χ2n) is 5.88. The number of alkyl halides is 3. The van der Waals surface area contributed by atoms with Crippen molar-refractivity contribution < 1.29 is 14.3 Å². The molecule has 1 unspecified atom stereocenters. The lowest BCUT2D eigenvalue weighted by Gasteiger charge is -2.28. The van der Waals surface area contributed by atoms with Gasteiger partial charge in [-0.2, -0.15) is 0 Å². The molecule has 0 saturated heterocycles. The van der Waals surface area contributed by atoms with Gasteiger partial charge in [-0.05, 0) is 55.5 Å². The van der Waals surface area contributed by atoms with Gasteiger partial charge in [-0.25, -0.2) is 0 Å². The normalized spacial score (nSPS) is 11.9. The second-order valence-corrected chi connectivity index (χ2v) is 8.66. The summed E-state index contributed by atoms with van der Waals surface area (Å²) in [7, 11) is 1.45. The van der Waals surface area contributed by atoms with E-state index in [-0.39, 0.29) is 16.5 Å². The van der Waals surface area contributed by atoms with Gasteiger partial charge in [0, 0.05) is 11.3 Å². The Labute approximate surface area is 188 Å². The van der Waals surface area contributed by atoms with Crippen molar-refractivity contribution in [3.05, 3.63) is 59.7 Å². The van der Waals surface area contributed by atoms with Crippen molar-refractivity contribution in [1.29, 1.82) is 0 Å². The fourth-order valence-electron chi connectivity index (χ4n) is 2.33. The zero-order valence-electron chi connectivity index (χ0n) is 15.5. The van der Waals surface area contributed by atoms with Crippen LogP contribution in [0.25, 0.3) is 0 Å². The number of Topliss-reactive ketones (excluding diaryl/α,β-unsaturated/α-hetero) is 1. The predicted octanol–water partition coefficient (Wildman–Crippen LogP) is 4.31. The molecule has 0 aromatic heterocycles. The van der Waals surface area contributed by atoms with Crippen molar-refractivity contribution in [2.45, 2.75) is 16.9 Å². The van der Waals surface area contributed by atoms with E-state index >= 15 is 0 Å². The Morgan fingerprint density at radius 3 is 2.21 bits per heavy atom. The van der Waals surface area contributed by atoms with Crippen LogP contribution in [-0.4, -0.2) is 33.9 Å². The van der Waals surface area contributed by atoms with E-state index in [2.05, 4.69) is 16.0 Å². The first-order chi connectivity index (χ1) is 13.6. The summed E-state index contributed by atoms with van der Waals surface area (Å²) in [6, 6.07) is 13.3. The largest absolute Gasteiger partial charge is 0.496 e. The van der Waals surface area contributed by atoms with Gasteiger partial charge >= 0.3 is 0 Å². The summed E-state index contributed by atoms with van der Waals surface area (Å²) in [6.45, 7) is 1.48. The predicted molar refractivity (Wildman–Crippen MR) is 120 cm³/mol. The highest BCUT2D eigenvalue weighted by atomic mass is 35.6. The molecule has 6 nitrogen and oxygen atoms in total. The van der Waals surface area contributed by atoms with E-state index in [1.54, 1.807) is 48.5 Å². The summed E-state index contributed by atoms with van der Waals surface area (Å²) in [6.07, 6.45) is -1.14. The first kappa shape index (κ1) is 23.2. The molecular formula is C19H18Cl3N3O3S. The average Bonchev–Trinajstić information content (AvgIpc) is 2.67. The zero-order chi connectivity index (χ0) is 21.6. The van der Waals surface area contributed by atoms with Gasteiger partial charge in [-0.1, -0.05) is 46.9 Å². The Morgan fingerprint density at radius 2 is 1.66 bits per heavy atom. The number of hydrogen-bond donors (Lipinski definition) is 3. The number of ether oxygens (including phenoxy) is 1. The molecule has 0 saturated carbocycles. The van der Waals surface area contributed by atoms with Crippen LogP contribution >= 0.6 is 47.0 Å². The van der Waals surface area contributed by atoms with Gasteiger partial charge in [0.15, 0.2) is 10.9 Å². The third-order valence-electron chi connectivity index (χ3n) is 3.78. The van der Waals surface area contributed by atoms with E-state index in [0.717, 1.165) is 0 Å². The first-order valence-corrected chi connectivity index (χ1v) is 9.85. The van der Waals surface area contributed by atoms with Gasteiger partial charge < -0.3 is 20.7 Å². The van der Waals surface area contributed by atoms with Gasteiger partial charge in [-0.3, -0.25) is 9.59 Å². The van der Waals surface area contributed by atoms with Crippen LogP contribution in [0.3, 0.4) is 0 Å². The lowest BCUT2D eigenvalue weighted by Crippen LogP contribution is -2.56. The maximum atomic E-state index is 12.6. The van der Waals surface area contributed by atoms with Crippen molar-refractivity contribution in [3.8, 4) is 5.75 Å². The molecule has 0 aliphatic carbocycles. The van der Waals surface area contributed by atoms with Crippen molar-refractivity contribution in [1.82, 2.24) is 10.6 Å². The van der Waals surface area contributed by atoms with Crippen LogP contribution < -0.4 is 20.7 Å². The Morgan fingerprint density at radius 1 is 1.03 bits per heavy atom. The number of benzene rings is 2. The number of hydrogen-bond acceptors (Lipinski definition) is 4. The standard InChI is InChI=1S/C19H18Cl3N3O3S/c1-11(26)12-7-9-13(10-8-12)23-18(29)25-17(19(20,21)22)24-16(27)14-5-3-4-6-15(14)28-2/h3-10,17H,1-2H3,(H,24,27)(H2,23,25,29). The monoisotopic (exact) mass is 473 g/mol. The molecular weight excluding hydrogens is 457 g/mol. The van der Waals surface area contributed by atoms with E-state index in [1.807, 2.05) is 0 Å². The molecule has 0 heterocycles. The minimum atomic E-state index is -1.90. The number of halogens is 3. The highest BCUT2D eigenvalue weighted by Crippen LogP contribution is 2.30. The van der Waals surface area contributed by atoms with Gasteiger partial charge in [0.05, 0.1) is 12.7 Å². The van der Waals surface area contributed by atoms with Crippen LogP contribution in [0.2, 0.25) is 0 Å². The number of para-hydroxylation sites is 1. The van der Waals surface area contributed by atoms with Crippen molar-refractivity contribution in [3.63, 3.8) is 0 Å². The topological polar surface area (TPSA) is 79.5 Å². The highest BCUT2D eigenvalue weighted by molar-refractivity contribution is 7.80. The number of carbonyl (C=O) groups is 2. The van der Waals surface area contributed by atoms with Crippen molar-refractivity contribution in [2.24, 2.45) is 0 Å². The number of thiocarbonyl (C=S) groups is 1. The molecule has 1 amide bonds. The fourth-order valence-corrected chi connectivity index (χ4v) is 2.89. The highest BCUT2D eigenvalue weighted by Gasteiger charge is 2.35. The van der Waals surface area contributed by atoms with Crippen LogP contribution in [0.5, 0.6) is 5.75 Å². The lowest BCUT2D eigenvalue weighted by atomic mass is 10.1. The number of amides is 1. The molecule has 2 aromatic carbocycles. The molecule has 2 aromatic rings. The Balaban J connectivity index is 2.09. The smallest absolute Gasteiger partial charge is 0.256 e. The summed E-state index contributed by atoms with van der Waals surface area (Å²) in [5.74, 6) is -0.188. The van der Waals surface area contributed by atoms with E-state index in [9.17, 15) is 9.59 Å². The number of carbonyl (C=O) groups excluding carboxylic acids is 2. The quantitative estimate of drug-likeness (QED) is 0.251. The van der Waals surface area contributed by atoms with Gasteiger partial charge in [0.25, 0.3) is 5.91 Å². The summed E-state index contributed by atoms with van der Waals surface area (Å²) >= 11 is 23.3. The molecule has 10 heteroatoms. The van der Waals surface area contributed by atoms with E-state index in [0.29, 0.717) is 17.0 Å². The summed E-state index contributed by atoms with van der Waals surface area (Å²) in [5.41, 5.74) is 1.46. The SMILES string of the molecule is COc1ccccc1C(=O)NC(NC(=S)Nc1ccc(C(C)=O)cc1)C(Cl)(Cl)Cl. The molecule has 3 N–H and O–H groups in total.